The van der Waals surface area contributed by atoms with Crippen LogP contribution in [0.2, 0.25) is 0 Å². The number of rotatable bonds is 6. The smallest absolute Gasteiger partial charge is 0.254 e. The zero-order chi connectivity index (χ0) is 27.4. The first-order valence-electron chi connectivity index (χ1n) is 13.7. The minimum absolute atomic E-state index is 0.0329. The van der Waals surface area contributed by atoms with Gasteiger partial charge in [-0.1, -0.05) is 12.1 Å². The van der Waals surface area contributed by atoms with Crippen molar-refractivity contribution in [1.29, 1.82) is 0 Å². The standard InChI is InChI=1S/C30H32FN7O2/c1-36(2)11-12-37-18-24-22(30(37)8-13-40-14-9-30)4-6-26(35-24)34-23-5-3-20(21-16-33-29(39)28(21)23)25-17-32-27-15-19(31)7-10-38(25)27/h3-7,10,15,17H,8-9,11-14,16,18H2,1-2H3,(H,33,39)(H,34,35). The fraction of sp³-hybridized carbons (Fsp3) is 0.367. The van der Waals surface area contributed by atoms with Crippen molar-refractivity contribution in [2.45, 2.75) is 31.5 Å². The number of likely N-dealkylation sites (N-methyl/N-ethyl adjacent to an activating group) is 1. The second-order valence-electron chi connectivity index (χ2n) is 11.1. The second kappa shape index (κ2) is 9.65. The van der Waals surface area contributed by atoms with Crippen molar-refractivity contribution in [3.05, 3.63) is 77.0 Å². The van der Waals surface area contributed by atoms with Crippen molar-refractivity contribution in [2.24, 2.45) is 0 Å². The van der Waals surface area contributed by atoms with Crippen LogP contribution in [0.3, 0.4) is 0 Å². The van der Waals surface area contributed by atoms with Gasteiger partial charge in [-0.3, -0.25) is 14.1 Å². The predicted octanol–water partition coefficient (Wildman–Crippen LogP) is 3.91. The van der Waals surface area contributed by atoms with Gasteiger partial charge in [0.1, 0.15) is 17.3 Å². The van der Waals surface area contributed by atoms with E-state index in [1.54, 1.807) is 12.4 Å². The predicted molar refractivity (Wildman–Crippen MR) is 150 cm³/mol. The Morgan fingerprint density at radius 2 is 2.02 bits per heavy atom. The lowest BCUT2D eigenvalue weighted by Gasteiger charge is -2.42. The van der Waals surface area contributed by atoms with Gasteiger partial charge in [0.2, 0.25) is 0 Å². The van der Waals surface area contributed by atoms with Gasteiger partial charge in [-0.25, -0.2) is 14.4 Å². The van der Waals surface area contributed by atoms with Crippen LogP contribution in [0.15, 0.2) is 48.8 Å². The van der Waals surface area contributed by atoms with Gasteiger partial charge in [-0.2, -0.15) is 0 Å². The third kappa shape index (κ3) is 4.06. The number of nitrogens with zero attached hydrogens (tertiary/aromatic N) is 5. The number of imidazole rings is 1. The van der Waals surface area contributed by atoms with Crippen molar-refractivity contribution in [3.63, 3.8) is 0 Å². The number of amides is 1. The first kappa shape index (κ1) is 25.1. The number of ether oxygens (including phenoxy) is 1. The van der Waals surface area contributed by atoms with Crippen molar-refractivity contribution in [2.75, 3.05) is 45.7 Å². The summed E-state index contributed by atoms with van der Waals surface area (Å²) in [5, 5.41) is 6.41. The van der Waals surface area contributed by atoms with Crippen LogP contribution in [-0.4, -0.2) is 70.5 Å². The van der Waals surface area contributed by atoms with E-state index in [-0.39, 0.29) is 17.3 Å². The highest BCUT2D eigenvalue weighted by Crippen LogP contribution is 2.46. The lowest BCUT2D eigenvalue weighted by Crippen LogP contribution is -2.47. The number of hydrogen-bond donors (Lipinski definition) is 2. The summed E-state index contributed by atoms with van der Waals surface area (Å²) in [5.74, 6) is 0.253. The monoisotopic (exact) mass is 541 g/mol. The van der Waals surface area contributed by atoms with E-state index in [0.29, 0.717) is 23.4 Å². The molecule has 1 fully saturated rings. The van der Waals surface area contributed by atoms with Crippen molar-refractivity contribution < 1.29 is 13.9 Å². The number of benzene rings is 1. The van der Waals surface area contributed by atoms with Crippen molar-refractivity contribution in [1.82, 2.24) is 29.5 Å². The van der Waals surface area contributed by atoms with Crippen molar-refractivity contribution >= 4 is 23.1 Å². The van der Waals surface area contributed by atoms with Crippen LogP contribution in [0.4, 0.5) is 15.9 Å². The van der Waals surface area contributed by atoms with Crippen LogP contribution < -0.4 is 10.6 Å². The molecular weight excluding hydrogens is 509 g/mol. The number of hydrogen-bond acceptors (Lipinski definition) is 7. The van der Waals surface area contributed by atoms with Crippen LogP contribution in [0.5, 0.6) is 0 Å². The maximum Gasteiger partial charge on any atom is 0.254 e. The van der Waals surface area contributed by atoms with Gasteiger partial charge in [0, 0.05) is 57.2 Å². The zero-order valence-electron chi connectivity index (χ0n) is 22.7. The molecule has 0 atom stereocenters. The maximum atomic E-state index is 13.7. The molecule has 10 heteroatoms. The molecule has 0 bridgehead atoms. The van der Waals surface area contributed by atoms with Gasteiger partial charge in [-0.15, -0.1) is 0 Å². The van der Waals surface area contributed by atoms with E-state index in [1.165, 1.54) is 17.7 Å². The number of aromatic nitrogens is 3. The van der Waals surface area contributed by atoms with Crippen LogP contribution in [-0.2, 0) is 23.4 Å². The highest BCUT2D eigenvalue weighted by Gasteiger charge is 2.46. The Kier molecular flexibility index (Phi) is 6.06. The SMILES string of the molecule is CN(C)CCN1Cc2nc(Nc3ccc(-c4cnc5cc(F)ccn45)c4c3C(=O)NC4)ccc2C12CCOCC2. The molecule has 6 heterocycles. The van der Waals surface area contributed by atoms with Gasteiger partial charge in [-0.05, 0) is 56.3 Å². The van der Waals surface area contributed by atoms with Gasteiger partial charge in [0.25, 0.3) is 5.91 Å². The lowest BCUT2D eigenvalue weighted by molar-refractivity contribution is -0.0266. The molecule has 3 aliphatic heterocycles. The number of halogens is 1. The summed E-state index contributed by atoms with van der Waals surface area (Å²) in [6.45, 7) is 4.68. The van der Waals surface area contributed by atoms with Crippen LogP contribution in [0.25, 0.3) is 16.9 Å². The van der Waals surface area contributed by atoms with E-state index in [4.69, 9.17) is 9.72 Å². The molecule has 0 unspecified atom stereocenters. The van der Waals surface area contributed by atoms with E-state index in [1.807, 2.05) is 22.6 Å². The molecule has 2 N–H and O–H groups in total. The summed E-state index contributed by atoms with van der Waals surface area (Å²) >= 11 is 0. The highest BCUT2D eigenvalue weighted by molar-refractivity contribution is 6.06. The Bertz CT molecular complexity index is 1630. The van der Waals surface area contributed by atoms with Crippen LogP contribution >= 0.6 is 0 Å². The van der Waals surface area contributed by atoms with Gasteiger partial charge in [0.05, 0.1) is 34.4 Å². The molecule has 1 aromatic carbocycles. The number of carbonyl (C=O) groups is 1. The Labute approximate surface area is 232 Å². The average Bonchev–Trinajstić information content (AvgIpc) is 3.62. The van der Waals surface area contributed by atoms with Gasteiger partial charge >= 0.3 is 0 Å². The Morgan fingerprint density at radius 1 is 1.18 bits per heavy atom. The third-order valence-electron chi connectivity index (χ3n) is 8.54. The fourth-order valence-corrected chi connectivity index (χ4v) is 6.51. The van der Waals surface area contributed by atoms with E-state index < -0.39 is 0 Å². The number of fused-ring (bicyclic) bond motifs is 4. The summed E-state index contributed by atoms with van der Waals surface area (Å²) in [6.07, 6.45) is 5.31. The quantitative estimate of drug-likeness (QED) is 0.383. The molecule has 9 nitrogen and oxygen atoms in total. The first-order valence-corrected chi connectivity index (χ1v) is 13.7. The summed E-state index contributed by atoms with van der Waals surface area (Å²) in [5.41, 5.74) is 6.77. The molecule has 4 aromatic rings. The summed E-state index contributed by atoms with van der Waals surface area (Å²) < 4.78 is 21.3. The molecule has 1 spiro atoms. The molecule has 3 aliphatic rings. The molecule has 0 aliphatic carbocycles. The van der Waals surface area contributed by atoms with Crippen LogP contribution in [0.1, 0.15) is 40.0 Å². The average molecular weight is 542 g/mol. The molecule has 0 saturated carbocycles. The fourth-order valence-electron chi connectivity index (χ4n) is 6.51. The molecule has 40 heavy (non-hydrogen) atoms. The minimum atomic E-state index is -0.336. The Balaban J connectivity index is 1.22. The summed E-state index contributed by atoms with van der Waals surface area (Å²) in [6, 6.07) is 10.9. The maximum absolute atomic E-state index is 13.7. The highest BCUT2D eigenvalue weighted by atomic mass is 19.1. The first-order chi connectivity index (χ1) is 19.4. The van der Waals surface area contributed by atoms with E-state index in [2.05, 4.69) is 45.6 Å². The normalized spacial score (nSPS) is 17.9. The molecule has 7 rings (SSSR count). The van der Waals surface area contributed by atoms with E-state index >= 15 is 0 Å². The number of pyridine rings is 2. The molecular formula is C30H32FN7O2. The molecule has 0 radical (unpaired) electrons. The largest absolute Gasteiger partial charge is 0.381 e. The zero-order valence-corrected chi connectivity index (χ0v) is 22.7. The molecule has 206 valence electrons. The van der Waals surface area contributed by atoms with Crippen molar-refractivity contribution in [3.8, 4) is 11.3 Å². The number of carbonyl (C=O) groups excluding carboxylic acids is 1. The Morgan fingerprint density at radius 3 is 2.85 bits per heavy atom. The van der Waals surface area contributed by atoms with Gasteiger partial charge in [0.15, 0.2) is 0 Å². The molecule has 1 amide bonds. The molecule has 1 saturated heterocycles. The molecule has 3 aromatic heterocycles. The Hall–Kier alpha value is -3.86. The third-order valence-corrected chi connectivity index (χ3v) is 8.54. The lowest BCUT2D eigenvalue weighted by atomic mass is 9.83. The van der Waals surface area contributed by atoms with Gasteiger partial charge < -0.3 is 20.3 Å². The summed E-state index contributed by atoms with van der Waals surface area (Å²) in [7, 11) is 4.21. The van der Waals surface area contributed by atoms with E-state index in [9.17, 15) is 9.18 Å². The minimum Gasteiger partial charge on any atom is -0.381 e. The number of anilines is 2. The topological polar surface area (TPSA) is 87.0 Å². The van der Waals surface area contributed by atoms with E-state index in [0.717, 1.165) is 74.0 Å². The number of nitrogens with one attached hydrogen (secondary N) is 2. The second-order valence-corrected chi connectivity index (χ2v) is 11.1. The summed E-state index contributed by atoms with van der Waals surface area (Å²) in [4.78, 5) is 27.2. The van der Waals surface area contributed by atoms with Crippen LogP contribution in [0, 0.1) is 5.82 Å².